The molecule has 1 rings (SSSR count). The lowest BCUT2D eigenvalue weighted by atomic mass is 10.1. The van der Waals surface area contributed by atoms with E-state index in [2.05, 4.69) is 78.5 Å². The first-order valence-corrected chi connectivity index (χ1v) is 9.61. The molecule has 1 heterocycles. The van der Waals surface area contributed by atoms with Gasteiger partial charge in [-0.15, -0.1) is 24.0 Å². The van der Waals surface area contributed by atoms with Gasteiger partial charge in [-0.2, -0.15) is 5.10 Å². The molecule has 0 spiro atoms. The maximum Gasteiger partial charge on any atom is 0.191 e. The van der Waals surface area contributed by atoms with Crippen LogP contribution in [-0.4, -0.2) is 78.4 Å². The van der Waals surface area contributed by atoms with Crippen molar-refractivity contribution >= 4 is 29.9 Å². The van der Waals surface area contributed by atoms with Gasteiger partial charge in [0.05, 0.1) is 12.2 Å². The van der Waals surface area contributed by atoms with Crippen molar-refractivity contribution in [2.45, 2.75) is 52.2 Å². The van der Waals surface area contributed by atoms with Crippen LogP contribution in [0.4, 0.5) is 0 Å². The third-order valence-electron chi connectivity index (χ3n) is 4.63. The Hall–Kier alpha value is -0.870. The van der Waals surface area contributed by atoms with Gasteiger partial charge in [-0.25, -0.2) is 0 Å². The minimum absolute atomic E-state index is 0. The van der Waals surface area contributed by atoms with Crippen molar-refractivity contribution in [3.05, 3.63) is 18.0 Å². The number of likely N-dealkylation sites (N-methyl/N-ethyl adjacent to an activating group) is 1. The maximum absolute atomic E-state index is 4.35. The van der Waals surface area contributed by atoms with E-state index in [-0.39, 0.29) is 30.0 Å². The fourth-order valence-electron chi connectivity index (χ4n) is 3.21. The minimum Gasteiger partial charge on any atom is -0.356 e. The van der Waals surface area contributed by atoms with Crippen LogP contribution >= 0.6 is 24.0 Å². The average Bonchev–Trinajstić information content (AvgIpc) is 2.97. The molecule has 0 saturated heterocycles. The smallest absolute Gasteiger partial charge is 0.191 e. The van der Waals surface area contributed by atoms with E-state index >= 15 is 0 Å². The molecule has 2 N–H and O–H groups in total. The molecular formula is C19H40IN7. The third-order valence-corrected chi connectivity index (χ3v) is 4.63. The van der Waals surface area contributed by atoms with E-state index in [0.29, 0.717) is 12.1 Å². The molecule has 158 valence electrons. The van der Waals surface area contributed by atoms with Crippen LogP contribution in [-0.2, 0) is 7.05 Å². The number of rotatable bonds is 10. The molecule has 1 unspecified atom stereocenters. The van der Waals surface area contributed by atoms with Crippen LogP contribution in [0.15, 0.2) is 17.4 Å². The highest BCUT2D eigenvalue weighted by molar-refractivity contribution is 14.0. The second kappa shape index (κ2) is 13.3. The van der Waals surface area contributed by atoms with Crippen molar-refractivity contribution in [1.29, 1.82) is 0 Å². The SMILES string of the molecule is CN=C(NCCCN(C(C)C)C(C)C)NCC(c1cnn(C)c1)N(C)C.I. The summed E-state index contributed by atoms with van der Waals surface area (Å²) in [5.41, 5.74) is 1.20. The number of nitrogens with zero attached hydrogens (tertiary/aromatic N) is 5. The Morgan fingerprint density at radius 1 is 1.19 bits per heavy atom. The molecule has 1 atom stereocenters. The maximum atomic E-state index is 4.35. The summed E-state index contributed by atoms with van der Waals surface area (Å²) in [5, 5.41) is 11.1. The summed E-state index contributed by atoms with van der Waals surface area (Å²) < 4.78 is 1.84. The van der Waals surface area contributed by atoms with Crippen LogP contribution < -0.4 is 10.6 Å². The van der Waals surface area contributed by atoms with Gasteiger partial charge in [0.15, 0.2) is 5.96 Å². The summed E-state index contributed by atoms with van der Waals surface area (Å²) in [6.45, 7) is 11.8. The molecule has 0 aliphatic rings. The number of aryl methyl sites for hydroxylation is 1. The predicted molar refractivity (Wildman–Crippen MR) is 126 cm³/mol. The molecule has 0 aliphatic heterocycles. The van der Waals surface area contributed by atoms with E-state index in [4.69, 9.17) is 0 Å². The highest BCUT2D eigenvalue weighted by atomic mass is 127. The molecule has 0 amide bonds. The number of aliphatic imine (C=N–C) groups is 1. The van der Waals surface area contributed by atoms with Crippen molar-refractivity contribution < 1.29 is 0 Å². The molecule has 8 heteroatoms. The molecular weight excluding hydrogens is 453 g/mol. The van der Waals surface area contributed by atoms with Gasteiger partial charge in [-0.05, 0) is 48.2 Å². The zero-order valence-corrected chi connectivity index (χ0v) is 20.7. The van der Waals surface area contributed by atoms with Crippen LogP contribution in [0.3, 0.4) is 0 Å². The van der Waals surface area contributed by atoms with Gasteiger partial charge in [0.2, 0.25) is 0 Å². The minimum atomic E-state index is 0. The van der Waals surface area contributed by atoms with E-state index < -0.39 is 0 Å². The highest BCUT2D eigenvalue weighted by Gasteiger charge is 2.16. The second-order valence-corrected chi connectivity index (χ2v) is 7.59. The van der Waals surface area contributed by atoms with Crippen LogP contribution in [0.1, 0.15) is 45.7 Å². The first-order valence-electron chi connectivity index (χ1n) is 9.61. The molecule has 0 aliphatic carbocycles. The van der Waals surface area contributed by atoms with Crippen molar-refractivity contribution in [1.82, 2.24) is 30.2 Å². The Morgan fingerprint density at radius 2 is 1.81 bits per heavy atom. The molecule has 27 heavy (non-hydrogen) atoms. The summed E-state index contributed by atoms with van der Waals surface area (Å²) in [7, 11) is 7.93. The van der Waals surface area contributed by atoms with Gasteiger partial charge in [0.1, 0.15) is 0 Å². The molecule has 0 radical (unpaired) electrons. The summed E-state index contributed by atoms with van der Waals surface area (Å²) in [6, 6.07) is 1.40. The Labute approximate surface area is 183 Å². The Balaban J connectivity index is 0.00000676. The van der Waals surface area contributed by atoms with Crippen LogP contribution in [0.2, 0.25) is 0 Å². The fraction of sp³-hybridized carbons (Fsp3) is 0.789. The van der Waals surface area contributed by atoms with Crippen molar-refractivity contribution in [3.63, 3.8) is 0 Å². The largest absolute Gasteiger partial charge is 0.356 e. The van der Waals surface area contributed by atoms with Crippen molar-refractivity contribution in [3.8, 4) is 0 Å². The first-order chi connectivity index (χ1) is 12.3. The van der Waals surface area contributed by atoms with Gasteiger partial charge in [-0.3, -0.25) is 14.6 Å². The number of hydrogen-bond donors (Lipinski definition) is 2. The molecule has 0 aromatic carbocycles. The Bertz CT molecular complexity index is 532. The first kappa shape index (κ1) is 26.1. The predicted octanol–water partition coefficient (Wildman–Crippen LogP) is 2.31. The lowest BCUT2D eigenvalue weighted by Crippen LogP contribution is -2.43. The van der Waals surface area contributed by atoms with Crippen LogP contribution in [0, 0.1) is 0 Å². The van der Waals surface area contributed by atoms with Crippen molar-refractivity contribution in [2.24, 2.45) is 12.0 Å². The standard InChI is InChI=1S/C19H39N7.HI/c1-15(2)26(16(3)4)11-9-10-21-19(20-5)22-13-18(24(6)7)17-12-23-25(8)14-17;/h12,14-16,18H,9-11,13H2,1-8H3,(H2,20,21,22);1H. The number of hydrogen-bond acceptors (Lipinski definition) is 4. The fourth-order valence-corrected chi connectivity index (χ4v) is 3.21. The van der Waals surface area contributed by atoms with E-state index in [1.165, 1.54) is 5.56 Å². The molecule has 1 aromatic rings. The summed E-state index contributed by atoms with van der Waals surface area (Å²) >= 11 is 0. The number of halogens is 1. The van der Waals surface area contributed by atoms with Gasteiger partial charge >= 0.3 is 0 Å². The molecule has 7 nitrogen and oxygen atoms in total. The second-order valence-electron chi connectivity index (χ2n) is 7.59. The Kier molecular flexibility index (Phi) is 12.9. The molecule has 0 fully saturated rings. The number of nitrogens with one attached hydrogen (secondary N) is 2. The summed E-state index contributed by atoms with van der Waals surface area (Å²) in [4.78, 5) is 9.06. The van der Waals surface area contributed by atoms with E-state index in [1.807, 2.05) is 25.0 Å². The van der Waals surface area contributed by atoms with Gasteiger partial charge in [0.25, 0.3) is 0 Å². The number of guanidine groups is 1. The molecule has 0 saturated carbocycles. The highest BCUT2D eigenvalue weighted by Crippen LogP contribution is 2.15. The zero-order valence-electron chi connectivity index (χ0n) is 18.4. The lowest BCUT2D eigenvalue weighted by molar-refractivity contribution is 0.173. The quantitative estimate of drug-likeness (QED) is 0.227. The van der Waals surface area contributed by atoms with Crippen molar-refractivity contribution in [2.75, 3.05) is 40.8 Å². The Morgan fingerprint density at radius 3 is 2.26 bits per heavy atom. The van der Waals surface area contributed by atoms with E-state index in [0.717, 1.165) is 32.0 Å². The van der Waals surface area contributed by atoms with Gasteiger partial charge < -0.3 is 15.5 Å². The normalized spacial score (nSPS) is 13.4. The number of aromatic nitrogens is 2. The molecule has 0 bridgehead atoms. The van der Waals surface area contributed by atoms with Gasteiger partial charge in [-0.1, -0.05) is 0 Å². The van der Waals surface area contributed by atoms with E-state index in [9.17, 15) is 0 Å². The van der Waals surface area contributed by atoms with Crippen LogP contribution in [0.5, 0.6) is 0 Å². The molecule has 1 aromatic heterocycles. The van der Waals surface area contributed by atoms with Gasteiger partial charge in [0, 0.05) is 57.6 Å². The average molecular weight is 493 g/mol. The van der Waals surface area contributed by atoms with Crippen LogP contribution in [0.25, 0.3) is 0 Å². The zero-order chi connectivity index (χ0) is 19.7. The monoisotopic (exact) mass is 493 g/mol. The van der Waals surface area contributed by atoms with E-state index in [1.54, 1.807) is 0 Å². The summed E-state index contributed by atoms with van der Waals surface area (Å²) in [5.74, 6) is 0.849. The summed E-state index contributed by atoms with van der Waals surface area (Å²) in [6.07, 6.45) is 5.08. The third kappa shape index (κ3) is 9.25. The lowest BCUT2D eigenvalue weighted by Gasteiger charge is -2.30. The topological polar surface area (TPSA) is 60.7 Å².